The van der Waals surface area contributed by atoms with E-state index in [9.17, 15) is 19.8 Å². The zero-order valence-electron chi connectivity index (χ0n) is 28.7. The fraction of sp³-hybridized carbons (Fsp3) is 0.350. The van der Waals surface area contributed by atoms with Crippen LogP contribution in [0.25, 0.3) is 43.5 Å². The van der Waals surface area contributed by atoms with Crippen molar-refractivity contribution in [2.45, 2.75) is 71.4 Å². The van der Waals surface area contributed by atoms with Crippen molar-refractivity contribution in [1.82, 2.24) is 24.7 Å². The van der Waals surface area contributed by atoms with Crippen LogP contribution in [0.2, 0.25) is 0 Å². The van der Waals surface area contributed by atoms with Gasteiger partial charge in [0.05, 0.1) is 38.8 Å². The van der Waals surface area contributed by atoms with Gasteiger partial charge in [-0.2, -0.15) is 5.10 Å². The first-order valence-electron chi connectivity index (χ1n) is 17.4. The standard InChI is InChI=1S/C40H38N6O4S/c1-23-28(15-42-46(23)22-39-17-37(2)16-38(3,18-39)20-40(50,19-37)21-39)25-9-11-29(43-33(25)35(48)49)24-8-10-30-27(14-24)26(12-13-41-30)34(47)45-36-44-31-6-4-5-7-32(31)51-36/h4-15,50H,16-22H2,1-3H3,(H,48,49)(H,44,45,47). The number of aliphatic hydroxyl groups is 1. The Morgan fingerprint density at radius 3 is 2.43 bits per heavy atom. The second-order valence-electron chi connectivity index (χ2n) is 16.1. The van der Waals surface area contributed by atoms with Gasteiger partial charge >= 0.3 is 5.97 Å². The number of carboxylic acid groups (broad SMARTS) is 1. The molecule has 10 nitrogen and oxygen atoms in total. The van der Waals surface area contributed by atoms with Gasteiger partial charge in [-0.25, -0.2) is 14.8 Å². The van der Waals surface area contributed by atoms with E-state index < -0.39 is 11.6 Å². The Morgan fingerprint density at radius 2 is 1.69 bits per heavy atom. The first-order chi connectivity index (χ1) is 24.3. The van der Waals surface area contributed by atoms with Crippen molar-refractivity contribution in [2.24, 2.45) is 16.2 Å². The quantitative estimate of drug-likeness (QED) is 0.152. The SMILES string of the molecule is Cc1c(-c2ccc(-c3ccc4nccc(C(=O)Nc5nc6ccccc6s5)c4c3)nc2C(=O)O)cnn1CC12CC3(C)CC(C)(CC(O)(C3)C1)C2. The highest BCUT2D eigenvalue weighted by molar-refractivity contribution is 7.22. The van der Waals surface area contributed by atoms with Gasteiger partial charge in [0.25, 0.3) is 5.91 Å². The molecule has 4 saturated carbocycles. The number of benzene rings is 2. The minimum absolute atomic E-state index is 0.0477. The Balaban J connectivity index is 1.02. The van der Waals surface area contributed by atoms with E-state index in [2.05, 4.69) is 34.1 Å². The number of aromatic nitrogens is 5. The molecule has 2 unspecified atom stereocenters. The summed E-state index contributed by atoms with van der Waals surface area (Å²) in [6.07, 6.45) is 9.14. The molecule has 4 bridgehead atoms. The molecule has 4 fully saturated rings. The minimum Gasteiger partial charge on any atom is -0.476 e. The topological polar surface area (TPSA) is 143 Å². The van der Waals surface area contributed by atoms with Crippen LogP contribution >= 0.6 is 11.3 Å². The van der Waals surface area contributed by atoms with Gasteiger partial charge in [-0.05, 0) is 104 Å². The van der Waals surface area contributed by atoms with Crippen LogP contribution in [0.5, 0.6) is 0 Å². The number of pyridine rings is 2. The second kappa shape index (κ2) is 11.0. The third kappa shape index (κ3) is 5.41. The van der Waals surface area contributed by atoms with E-state index in [0.29, 0.717) is 45.0 Å². The number of carbonyl (C=O) groups excluding carboxylic acids is 1. The summed E-state index contributed by atoms with van der Waals surface area (Å²) in [4.78, 5) is 39.9. The molecule has 6 aromatic rings. The van der Waals surface area contributed by atoms with Crippen LogP contribution in [-0.2, 0) is 6.54 Å². The lowest BCUT2D eigenvalue weighted by Gasteiger charge is -2.68. The molecule has 4 heterocycles. The molecule has 10 rings (SSSR count). The molecule has 2 aromatic carbocycles. The van der Waals surface area contributed by atoms with E-state index in [-0.39, 0.29) is 27.8 Å². The number of hydrogen-bond donors (Lipinski definition) is 3. The number of thiazole rings is 1. The van der Waals surface area contributed by atoms with E-state index >= 15 is 0 Å². The maximum absolute atomic E-state index is 13.5. The van der Waals surface area contributed by atoms with Gasteiger partial charge in [-0.1, -0.05) is 43.4 Å². The molecule has 4 aromatic heterocycles. The lowest BCUT2D eigenvalue weighted by Crippen LogP contribution is -2.63. The van der Waals surface area contributed by atoms with Crippen LogP contribution in [0, 0.1) is 23.2 Å². The average molecular weight is 699 g/mol. The van der Waals surface area contributed by atoms with Crippen molar-refractivity contribution in [3.8, 4) is 22.4 Å². The fourth-order valence-electron chi connectivity index (χ4n) is 10.8. The third-order valence-corrected chi connectivity index (χ3v) is 12.4. The number of aromatic carboxylic acids is 1. The number of amides is 1. The minimum atomic E-state index is -1.14. The highest BCUT2D eigenvalue weighted by Gasteiger charge is 2.65. The molecule has 2 atom stereocenters. The Bertz CT molecular complexity index is 2350. The first kappa shape index (κ1) is 31.9. The van der Waals surface area contributed by atoms with Gasteiger partial charge in [0.2, 0.25) is 0 Å². The van der Waals surface area contributed by atoms with Gasteiger partial charge in [-0.3, -0.25) is 19.8 Å². The average Bonchev–Trinajstić information content (AvgIpc) is 3.63. The third-order valence-electron chi connectivity index (χ3n) is 11.4. The number of para-hydroxylation sites is 1. The zero-order valence-corrected chi connectivity index (χ0v) is 29.5. The van der Waals surface area contributed by atoms with Crippen molar-refractivity contribution < 1.29 is 19.8 Å². The van der Waals surface area contributed by atoms with Gasteiger partial charge in [0.1, 0.15) is 0 Å². The molecule has 0 spiro atoms. The van der Waals surface area contributed by atoms with Gasteiger partial charge in [-0.15, -0.1) is 0 Å². The lowest BCUT2D eigenvalue weighted by atomic mass is 9.39. The smallest absolute Gasteiger partial charge is 0.355 e. The summed E-state index contributed by atoms with van der Waals surface area (Å²) in [7, 11) is 0. The predicted molar refractivity (Wildman–Crippen MR) is 197 cm³/mol. The Morgan fingerprint density at radius 1 is 0.902 bits per heavy atom. The fourth-order valence-corrected chi connectivity index (χ4v) is 11.7. The number of carboxylic acids is 1. The molecule has 258 valence electrons. The molecule has 0 saturated heterocycles. The van der Waals surface area contributed by atoms with Crippen molar-refractivity contribution in [1.29, 1.82) is 0 Å². The Labute approximate surface area is 298 Å². The van der Waals surface area contributed by atoms with Gasteiger partial charge in [0, 0.05) is 40.5 Å². The molecular weight excluding hydrogens is 661 g/mol. The summed E-state index contributed by atoms with van der Waals surface area (Å²) in [6, 6.07) is 18.5. The number of carbonyl (C=O) groups is 2. The van der Waals surface area contributed by atoms with Gasteiger partial charge in [0.15, 0.2) is 10.8 Å². The summed E-state index contributed by atoms with van der Waals surface area (Å²) in [5.74, 6) is -1.45. The highest BCUT2D eigenvalue weighted by atomic mass is 32.1. The summed E-state index contributed by atoms with van der Waals surface area (Å²) < 4.78 is 2.99. The van der Waals surface area contributed by atoms with Gasteiger partial charge < -0.3 is 10.2 Å². The highest BCUT2D eigenvalue weighted by Crippen LogP contribution is 2.71. The predicted octanol–water partition coefficient (Wildman–Crippen LogP) is 8.14. The monoisotopic (exact) mass is 698 g/mol. The number of rotatable bonds is 7. The van der Waals surface area contributed by atoms with Crippen LogP contribution in [0.15, 0.2) is 73.1 Å². The molecule has 51 heavy (non-hydrogen) atoms. The number of fused-ring (bicyclic) bond motifs is 2. The van der Waals surface area contributed by atoms with E-state index in [1.54, 1.807) is 24.5 Å². The number of hydrogen-bond acceptors (Lipinski definition) is 8. The molecule has 11 heteroatoms. The zero-order chi connectivity index (χ0) is 35.3. The summed E-state index contributed by atoms with van der Waals surface area (Å²) >= 11 is 1.40. The van der Waals surface area contributed by atoms with Crippen molar-refractivity contribution >= 4 is 49.5 Å². The molecule has 0 aliphatic heterocycles. The van der Waals surface area contributed by atoms with Crippen LogP contribution in [0.3, 0.4) is 0 Å². The van der Waals surface area contributed by atoms with Crippen LogP contribution in [0.1, 0.15) is 78.9 Å². The van der Waals surface area contributed by atoms with Crippen molar-refractivity contribution in [3.05, 3.63) is 90.0 Å². The van der Waals surface area contributed by atoms with E-state index in [0.717, 1.165) is 60.0 Å². The van der Waals surface area contributed by atoms with Crippen LogP contribution in [-0.4, -0.2) is 52.4 Å². The number of anilines is 1. The lowest BCUT2D eigenvalue weighted by molar-refractivity contribution is -0.229. The Hall–Kier alpha value is -5.00. The summed E-state index contributed by atoms with van der Waals surface area (Å²) in [6.45, 7) is 7.35. The summed E-state index contributed by atoms with van der Waals surface area (Å²) in [5.41, 5.74) is 4.60. The van der Waals surface area contributed by atoms with E-state index in [4.69, 9.17) is 5.10 Å². The normalized spacial score (nSPS) is 26.6. The number of nitrogens with one attached hydrogen (secondary N) is 1. The van der Waals surface area contributed by atoms with Crippen molar-refractivity contribution in [3.63, 3.8) is 0 Å². The molecule has 4 aliphatic carbocycles. The molecule has 3 N–H and O–H groups in total. The summed E-state index contributed by atoms with van der Waals surface area (Å²) in [5, 5.41) is 30.8. The molecule has 1 amide bonds. The number of nitrogens with zero attached hydrogens (tertiary/aromatic N) is 5. The van der Waals surface area contributed by atoms with Crippen LogP contribution < -0.4 is 5.32 Å². The second-order valence-corrected chi connectivity index (χ2v) is 17.2. The molecule has 4 aliphatic rings. The maximum atomic E-state index is 13.5. The first-order valence-corrected chi connectivity index (χ1v) is 18.2. The van der Waals surface area contributed by atoms with Crippen LogP contribution in [0.4, 0.5) is 5.13 Å². The maximum Gasteiger partial charge on any atom is 0.355 e. The van der Waals surface area contributed by atoms with E-state index in [1.165, 1.54) is 11.3 Å². The van der Waals surface area contributed by atoms with Crippen molar-refractivity contribution in [2.75, 3.05) is 5.32 Å². The Kier molecular flexibility index (Phi) is 6.89. The van der Waals surface area contributed by atoms with E-state index in [1.807, 2.05) is 60.1 Å². The molecular formula is C40H38N6O4S. The molecule has 0 radical (unpaired) electrons. The largest absolute Gasteiger partial charge is 0.476 e.